The second-order valence-electron chi connectivity index (χ2n) is 8.84. The third-order valence-electron chi connectivity index (χ3n) is 7.21. The van der Waals surface area contributed by atoms with Crippen LogP contribution in [0.5, 0.6) is 0 Å². The van der Waals surface area contributed by atoms with Crippen LogP contribution in [0.15, 0.2) is 24.3 Å². The molecule has 27 heavy (non-hydrogen) atoms. The first-order valence-electron chi connectivity index (χ1n) is 10.7. The fraction of sp³-hybridized carbons (Fsp3) is 0.636. The molecule has 1 aromatic carbocycles. The lowest BCUT2D eigenvalue weighted by Crippen LogP contribution is -2.35. The van der Waals surface area contributed by atoms with E-state index < -0.39 is 0 Å². The van der Waals surface area contributed by atoms with E-state index in [4.69, 9.17) is 10.7 Å². The summed E-state index contributed by atoms with van der Waals surface area (Å²) in [6, 6.07) is 8.54. The summed E-state index contributed by atoms with van der Waals surface area (Å²) in [6.07, 6.45) is 8.56. The van der Waals surface area contributed by atoms with Gasteiger partial charge in [0.2, 0.25) is 5.91 Å². The summed E-state index contributed by atoms with van der Waals surface area (Å²) in [5.41, 5.74) is 8.38. The molecular formula is C22H30N4O. The second kappa shape index (κ2) is 6.93. The Bertz CT molecular complexity index is 838. The van der Waals surface area contributed by atoms with Gasteiger partial charge in [0.1, 0.15) is 12.4 Å². The Hall–Kier alpha value is -1.88. The molecule has 3 unspecified atom stereocenters. The average Bonchev–Trinajstić information content (AvgIpc) is 3.37. The highest BCUT2D eigenvalue weighted by atomic mass is 16.2. The highest BCUT2D eigenvalue weighted by Gasteiger charge is 2.42. The number of likely N-dealkylation sites (tertiary alicyclic amines) is 1. The Labute approximate surface area is 160 Å². The molecule has 0 bridgehead atoms. The van der Waals surface area contributed by atoms with Crippen LogP contribution in [-0.4, -0.2) is 39.5 Å². The van der Waals surface area contributed by atoms with Gasteiger partial charge in [-0.05, 0) is 49.7 Å². The van der Waals surface area contributed by atoms with Crippen LogP contribution in [-0.2, 0) is 11.3 Å². The summed E-state index contributed by atoms with van der Waals surface area (Å²) in [5, 5.41) is 0. The van der Waals surface area contributed by atoms with E-state index in [1.54, 1.807) is 0 Å². The zero-order chi connectivity index (χ0) is 18.4. The zero-order valence-electron chi connectivity index (χ0n) is 16.0. The number of rotatable bonds is 3. The maximum absolute atomic E-state index is 13.2. The van der Waals surface area contributed by atoms with E-state index >= 15 is 0 Å². The highest BCUT2D eigenvalue weighted by molar-refractivity contribution is 5.81. The quantitative estimate of drug-likeness (QED) is 0.907. The number of carbonyl (C=O) groups excluding carboxylic acids is 1. The summed E-state index contributed by atoms with van der Waals surface area (Å²) in [4.78, 5) is 20.2. The van der Waals surface area contributed by atoms with E-state index in [2.05, 4.69) is 27.7 Å². The number of carbonyl (C=O) groups is 1. The summed E-state index contributed by atoms with van der Waals surface area (Å²) in [7, 11) is 0. The van der Waals surface area contributed by atoms with Gasteiger partial charge in [0, 0.05) is 25.0 Å². The van der Waals surface area contributed by atoms with Gasteiger partial charge in [-0.15, -0.1) is 0 Å². The van der Waals surface area contributed by atoms with Crippen LogP contribution < -0.4 is 5.73 Å². The van der Waals surface area contributed by atoms with Gasteiger partial charge in [-0.2, -0.15) is 0 Å². The fourth-order valence-corrected chi connectivity index (χ4v) is 5.68. The second-order valence-corrected chi connectivity index (χ2v) is 8.84. The molecule has 5 nitrogen and oxygen atoms in total. The first-order valence-corrected chi connectivity index (χ1v) is 10.7. The van der Waals surface area contributed by atoms with Crippen molar-refractivity contribution < 1.29 is 4.79 Å². The van der Waals surface area contributed by atoms with Crippen molar-refractivity contribution in [2.45, 2.75) is 63.5 Å². The predicted octanol–water partition coefficient (Wildman–Crippen LogP) is 3.28. The van der Waals surface area contributed by atoms with Gasteiger partial charge >= 0.3 is 0 Å². The Balaban J connectivity index is 1.41. The number of amides is 1. The highest BCUT2D eigenvalue weighted by Crippen LogP contribution is 2.38. The number of para-hydroxylation sites is 2. The Kier molecular flexibility index (Phi) is 4.43. The number of imidazole rings is 1. The molecule has 5 rings (SSSR count). The topological polar surface area (TPSA) is 64.2 Å². The van der Waals surface area contributed by atoms with Crippen LogP contribution in [0.3, 0.4) is 0 Å². The minimum atomic E-state index is 0.233. The first kappa shape index (κ1) is 17.2. The van der Waals surface area contributed by atoms with Crippen molar-refractivity contribution >= 4 is 16.9 Å². The van der Waals surface area contributed by atoms with Crippen molar-refractivity contribution in [2.75, 3.05) is 13.1 Å². The molecule has 2 heterocycles. The molecule has 144 valence electrons. The first-order chi connectivity index (χ1) is 13.2. The molecule has 3 fully saturated rings. The third-order valence-corrected chi connectivity index (χ3v) is 7.21. The molecule has 0 spiro atoms. The maximum atomic E-state index is 13.2. The lowest BCUT2D eigenvalue weighted by atomic mass is 9.88. The van der Waals surface area contributed by atoms with Crippen LogP contribution in [0.25, 0.3) is 11.0 Å². The van der Waals surface area contributed by atoms with E-state index in [-0.39, 0.29) is 11.9 Å². The normalized spacial score (nSPS) is 28.8. The van der Waals surface area contributed by atoms with E-state index in [1.807, 2.05) is 6.07 Å². The smallest absolute Gasteiger partial charge is 0.242 e. The maximum Gasteiger partial charge on any atom is 0.242 e. The summed E-state index contributed by atoms with van der Waals surface area (Å²) in [5.74, 6) is 2.97. The van der Waals surface area contributed by atoms with Gasteiger partial charge in [0.25, 0.3) is 0 Å². The van der Waals surface area contributed by atoms with Gasteiger partial charge in [0.05, 0.1) is 11.0 Å². The van der Waals surface area contributed by atoms with Gasteiger partial charge in [-0.1, -0.05) is 31.4 Å². The summed E-state index contributed by atoms with van der Waals surface area (Å²) < 4.78 is 2.21. The zero-order valence-corrected chi connectivity index (χ0v) is 16.0. The van der Waals surface area contributed by atoms with Gasteiger partial charge < -0.3 is 15.2 Å². The fourth-order valence-electron chi connectivity index (χ4n) is 5.68. The molecule has 2 N–H and O–H groups in total. The van der Waals surface area contributed by atoms with Crippen LogP contribution >= 0.6 is 0 Å². The van der Waals surface area contributed by atoms with Gasteiger partial charge in [-0.25, -0.2) is 4.98 Å². The molecule has 3 atom stereocenters. The molecule has 2 saturated carbocycles. The van der Waals surface area contributed by atoms with E-state index in [9.17, 15) is 4.79 Å². The van der Waals surface area contributed by atoms with Crippen molar-refractivity contribution in [1.29, 1.82) is 0 Å². The van der Waals surface area contributed by atoms with Crippen molar-refractivity contribution in [3.63, 3.8) is 0 Å². The SMILES string of the molecule is NC1CCC2CN(C(=O)Cn3c(C4CCCCC4)nc4ccccc43)CC12. The number of hydrogen-bond donors (Lipinski definition) is 1. The monoisotopic (exact) mass is 366 g/mol. The molecule has 3 aliphatic rings. The lowest BCUT2D eigenvalue weighted by Gasteiger charge is -2.24. The standard InChI is InChI=1S/C22H30N4O/c23-18-11-10-16-12-25(13-17(16)18)21(27)14-26-20-9-5-4-8-19(20)24-22(26)15-6-2-1-3-7-15/h4-5,8-9,15-18H,1-3,6-7,10-14,23H2. The molecule has 1 aromatic heterocycles. The predicted molar refractivity (Wildman–Crippen MR) is 106 cm³/mol. The molecular weight excluding hydrogens is 336 g/mol. The summed E-state index contributed by atoms with van der Waals surface area (Å²) >= 11 is 0. The van der Waals surface area contributed by atoms with Crippen molar-refractivity contribution in [2.24, 2.45) is 17.6 Å². The largest absolute Gasteiger partial charge is 0.341 e. The minimum Gasteiger partial charge on any atom is -0.341 e. The number of hydrogen-bond acceptors (Lipinski definition) is 3. The molecule has 1 aliphatic heterocycles. The molecule has 2 aromatic rings. The molecule has 5 heteroatoms. The van der Waals surface area contributed by atoms with Gasteiger partial charge in [0.15, 0.2) is 0 Å². The van der Waals surface area contributed by atoms with Crippen LogP contribution in [0.2, 0.25) is 0 Å². The summed E-state index contributed by atoms with van der Waals surface area (Å²) in [6.45, 7) is 2.15. The van der Waals surface area contributed by atoms with E-state index in [0.29, 0.717) is 24.3 Å². The molecule has 0 radical (unpaired) electrons. The number of nitrogens with two attached hydrogens (primary N) is 1. The Morgan fingerprint density at radius 2 is 1.89 bits per heavy atom. The van der Waals surface area contributed by atoms with Crippen LogP contribution in [0, 0.1) is 11.8 Å². The lowest BCUT2D eigenvalue weighted by molar-refractivity contribution is -0.131. The molecule has 1 saturated heterocycles. The minimum absolute atomic E-state index is 0.233. The molecule has 1 amide bonds. The number of nitrogens with zero attached hydrogens (tertiary/aromatic N) is 3. The van der Waals surface area contributed by atoms with Gasteiger partial charge in [-0.3, -0.25) is 4.79 Å². The number of benzene rings is 1. The van der Waals surface area contributed by atoms with Crippen molar-refractivity contribution in [3.8, 4) is 0 Å². The average molecular weight is 367 g/mol. The van der Waals surface area contributed by atoms with Crippen LogP contribution in [0.1, 0.15) is 56.7 Å². The van der Waals surface area contributed by atoms with Crippen LogP contribution in [0.4, 0.5) is 0 Å². The van der Waals surface area contributed by atoms with Crippen molar-refractivity contribution in [1.82, 2.24) is 14.5 Å². The Morgan fingerprint density at radius 1 is 1.07 bits per heavy atom. The third kappa shape index (κ3) is 3.06. The van der Waals surface area contributed by atoms with E-state index in [0.717, 1.165) is 36.4 Å². The number of fused-ring (bicyclic) bond motifs is 2. The van der Waals surface area contributed by atoms with Crippen molar-refractivity contribution in [3.05, 3.63) is 30.1 Å². The van der Waals surface area contributed by atoms with E-state index in [1.165, 1.54) is 38.5 Å². The number of aromatic nitrogens is 2. The Morgan fingerprint density at radius 3 is 2.70 bits per heavy atom. The molecule has 2 aliphatic carbocycles.